The summed E-state index contributed by atoms with van der Waals surface area (Å²) in [5.41, 5.74) is 0. The average Bonchev–Trinajstić information content (AvgIpc) is 2.67. The van der Waals surface area contributed by atoms with Crippen molar-refractivity contribution in [3.63, 3.8) is 0 Å². The second kappa shape index (κ2) is 6.79. The van der Waals surface area contributed by atoms with Crippen molar-refractivity contribution in [3.05, 3.63) is 54.6 Å². The zero-order valence-corrected chi connectivity index (χ0v) is 14.4. The molecule has 2 unspecified atom stereocenters. The van der Waals surface area contributed by atoms with Crippen LogP contribution in [-0.2, 0) is 9.59 Å². The molecule has 2 atom stereocenters. The summed E-state index contributed by atoms with van der Waals surface area (Å²) in [4.78, 5) is 24.4. The number of fused-ring (bicyclic) bond motifs is 2. The van der Waals surface area contributed by atoms with Crippen LogP contribution in [0.5, 0.6) is 5.75 Å². The third-order valence-corrected chi connectivity index (χ3v) is 5.31. The molecule has 4 nitrogen and oxygen atoms in total. The number of aliphatic carboxylic acids is 1. The van der Waals surface area contributed by atoms with Crippen LogP contribution in [0.25, 0.3) is 21.5 Å². The van der Waals surface area contributed by atoms with Gasteiger partial charge >= 0.3 is 11.9 Å². The Balaban J connectivity index is 1.78. The van der Waals surface area contributed by atoms with Crippen LogP contribution in [0.1, 0.15) is 25.7 Å². The topological polar surface area (TPSA) is 63.6 Å². The first-order chi connectivity index (χ1) is 12.6. The van der Waals surface area contributed by atoms with Crippen LogP contribution in [0.2, 0.25) is 0 Å². The van der Waals surface area contributed by atoms with Crippen molar-refractivity contribution in [2.75, 3.05) is 0 Å². The summed E-state index contributed by atoms with van der Waals surface area (Å²) < 4.78 is 5.86. The highest BCUT2D eigenvalue weighted by atomic mass is 16.5. The Morgan fingerprint density at radius 1 is 0.846 bits per heavy atom. The number of hydrogen-bond acceptors (Lipinski definition) is 3. The van der Waals surface area contributed by atoms with Crippen LogP contribution < -0.4 is 4.74 Å². The molecule has 1 N–H and O–H groups in total. The van der Waals surface area contributed by atoms with E-state index in [1.807, 2.05) is 48.5 Å². The maximum absolute atomic E-state index is 12.9. The first-order valence-electron chi connectivity index (χ1n) is 9.00. The molecule has 1 aliphatic rings. The predicted octanol–water partition coefficient (Wildman–Crippen LogP) is 4.79. The summed E-state index contributed by atoms with van der Waals surface area (Å²) in [6.07, 6.45) is 2.81. The number of hydrogen-bond donors (Lipinski definition) is 1. The van der Waals surface area contributed by atoms with Crippen LogP contribution >= 0.6 is 0 Å². The van der Waals surface area contributed by atoms with E-state index in [1.165, 1.54) is 0 Å². The van der Waals surface area contributed by atoms with Gasteiger partial charge < -0.3 is 9.84 Å². The number of carboxylic acid groups (broad SMARTS) is 1. The molecule has 0 aromatic heterocycles. The van der Waals surface area contributed by atoms with Gasteiger partial charge in [0.2, 0.25) is 0 Å². The van der Waals surface area contributed by atoms with Gasteiger partial charge in [0, 0.05) is 10.8 Å². The van der Waals surface area contributed by atoms with Crippen LogP contribution in [0.3, 0.4) is 0 Å². The van der Waals surface area contributed by atoms with Crippen LogP contribution in [0.15, 0.2) is 54.6 Å². The van der Waals surface area contributed by atoms with Gasteiger partial charge in [0.1, 0.15) is 5.75 Å². The molecule has 1 fully saturated rings. The molecule has 0 radical (unpaired) electrons. The summed E-state index contributed by atoms with van der Waals surface area (Å²) in [6, 6.07) is 17.6. The van der Waals surface area contributed by atoms with Gasteiger partial charge in [-0.1, -0.05) is 61.4 Å². The van der Waals surface area contributed by atoms with Crippen LogP contribution in [-0.4, -0.2) is 17.0 Å². The molecule has 0 amide bonds. The fourth-order valence-electron chi connectivity index (χ4n) is 3.97. The summed E-state index contributed by atoms with van der Waals surface area (Å²) in [7, 11) is 0. The van der Waals surface area contributed by atoms with Gasteiger partial charge in [-0.25, -0.2) is 0 Å². The van der Waals surface area contributed by atoms with Gasteiger partial charge in [0.15, 0.2) is 0 Å². The maximum Gasteiger partial charge on any atom is 0.315 e. The minimum atomic E-state index is -0.908. The number of ether oxygens (including phenoxy) is 1. The highest BCUT2D eigenvalue weighted by Crippen LogP contribution is 2.37. The van der Waals surface area contributed by atoms with E-state index >= 15 is 0 Å². The van der Waals surface area contributed by atoms with Gasteiger partial charge in [-0.15, -0.1) is 0 Å². The van der Waals surface area contributed by atoms with E-state index in [0.29, 0.717) is 18.6 Å². The molecule has 1 saturated carbocycles. The highest BCUT2D eigenvalue weighted by molar-refractivity contribution is 6.06. The van der Waals surface area contributed by atoms with Gasteiger partial charge in [-0.2, -0.15) is 0 Å². The fourth-order valence-corrected chi connectivity index (χ4v) is 3.97. The molecule has 26 heavy (non-hydrogen) atoms. The lowest BCUT2D eigenvalue weighted by Crippen LogP contribution is -2.35. The maximum atomic E-state index is 12.9. The number of carbonyl (C=O) groups is 2. The molecule has 132 valence electrons. The lowest BCUT2D eigenvalue weighted by molar-refractivity contribution is -0.153. The van der Waals surface area contributed by atoms with E-state index in [9.17, 15) is 14.7 Å². The Morgan fingerprint density at radius 3 is 1.96 bits per heavy atom. The summed E-state index contributed by atoms with van der Waals surface area (Å²) in [5, 5.41) is 13.2. The number of rotatable bonds is 3. The van der Waals surface area contributed by atoms with Crippen LogP contribution in [0.4, 0.5) is 0 Å². The second-order valence-corrected chi connectivity index (χ2v) is 6.90. The highest BCUT2D eigenvalue weighted by Gasteiger charge is 2.37. The Hall–Kier alpha value is -2.88. The number of benzene rings is 3. The minimum absolute atomic E-state index is 0.432. The average molecular weight is 348 g/mol. The van der Waals surface area contributed by atoms with Crippen molar-refractivity contribution in [1.82, 2.24) is 0 Å². The molecule has 4 heteroatoms. The van der Waals surface area contributed by atoms with Crippen molar-refractivity contribution in [2.24, 2.45) is 11.8 Å². The van der Waals surface area contributed by atoms with Crippen molar-refractivity contribution in [3.8, 4) is 5.75 Å². The molecule has 1 aliphatic carbocycles. The normalized spacial score (nSPS) is 20.2. The largest absolute Gasteiger partial charge is 0.481 e. The number of esters is 1. The van der Waals surface area contributed by atoms with Crippen molar-refractivity contribution in [2.45, 2.75) is 25.7 Å². The number of carbonyl (C=O) groups excluding carboxylic acids is 1. The molecule has 0 aliphatic heterocycles. The Morgan fingerprint density at radius 2 is 1.38 bits per heavy atom. The predicted molar refractivity (Wildman–Crippen MR) is 100 cm³/mol. The van der Waals surface area contributed by atoms with Crippen molar-refractivity contribution in [1.29, 1.82) is 0 Å². The molecule has 3 aromatic rings. The molecule has 4 rings (SSSR count). The standard InChI is InChI=1S/C22H20O4/c23-21(24)18-11-5-6-12-19(18)22(25)26-20-16-9-3-1-7-14(16)13-15-8-2-4-10-17(15)20/h1-4,7-10,13,18-19H,5-6,11-12H2,(H,23,24). The summed E-state index contributed by atoms with van der Waals surface area (Å²) >= 11 is 0. The molecular formula is C22H20O4. The number of carboxylic acids is 1. The third kappa shape index (κ3) is 2.92. The van der Waals surface area contributed by atoms with E-state index in [1.54, 1.807) is 0 Å². The smallest absolute Gasteiger partial charge is 0.315 e. The second-order valence-electron chi connectivity index (χ2n) is 6.90. The van der Waals surface area contributed by atoms with E-state index in [2.05, 4.69) is 6.07 Å². The lowest BCUT2D eigenvalue weighted by Gasteiger charge is -2.27. The SMILES string of the molecule is O=C(O)C1CCCCC1C(=O)Oc1c2ccccc2cc2ccccc12. The van der Waals surface area contributed by atoms with Gasteiger partial charge in [0.25, 0.3) is 0 Å². The molecular weight excluding hydrogens is 328 g/mol. The van der Waals surface area contributed by atoms with E-state index in [0.717, 1.165) is 34.4 Å². The fraction of sp³-hybridized carbons (Fsp3) is 0.273. The Labute approximate surface area is 151 Å². The quantitative estimate of drug-likeness (QED) is 0.420. The first kappa shape index (κ1) is 16.6. The Bertz CT molecular complexity index is 938. The zero-order valence-electron chi connectivity index (χ0n) is 14.4. The van der Waals surface area contributed by atoms with Gasteiger partial charge in [-0.3, -0.25) is 9.59 Å². The molecule has 0 heterocycles. The first-order valence-corrected chi connectivity index (χ1v) is 9.00. The molecule has 3 aromatic carbocycles. The van der Waals surface area contributed by atoms with E-state index < -0.39 is 23.8 Å². The molecule has 0 spiro atoms. The zero-order chi connectivity index (χ0) is 18.1. The van der Waals surface area contributed by atoms with Crippen LogP contribution in [0, 0.1) is 11.8 Å². The molecule has 0 bridgehead atoms. The molecule has 0 saturated heterocycles. The van der Waals surface area contributed by atoms with E-state index in [-0.39, 0.29) is 0 Å². The minimum Gasteiger partial charge on any atom is -0.481 e. The third-order valence-electron chi connectivity index (χ3n) is 5.31. The lowest BCUT2D eigenvalue weighted by atomic mass is 9.79. The van der Waals surface area contributed by atoms with Crippen molar-refractivity contribution >= 4 is 33.5 Å². The Kier molecular flexibility index (Phi) is 4.33. The summed E-state index contributed by atoms with van der Waals surface area (Å²) in [5.74, 6) is -2.05. The summed E-state index contributed by atoms with van der Waals surface area (Å²) in [6.45, 7) is 0. The van der Waals surface area contributed by atoms with Gasteiger partial charge in [0.05, 0.1) is 11.8 Å². The van der Waals surface area contributed by atoms with E-state index in [4.69, 9.17) is 4.74 Å². The van der Waals surface area contributed by atoms with Gasteiger partial charge in [-0.05, 0) is 29.7 Å². The monoisotopic (exact) mass is 348 g/mol. The van der Waals surface area contributed by atoms with Crippen molar-refractivity contribution < 1.29 is 19.4 Å².